The third kappa shape index (κ3) is 3.84. The number of halogens is 1. The summed E-state index contributed by atoms with van der Waals surface area (Å²) in [6.07, 6.45) is 5.32. The molecule has 0 aliphatic carbocycles. The lowest BCUT2D eigenvalue weighted by molar-refractivity contribution is -0.695. The molecule has 0 bridgehead atoms. The van der Waals surface area contributed by atoms with E-state index in [0.717, 1.165) is 40.9 Å². The molecule has 0 atom stereocenters. The monoisotopic (exact) mass is 471 g/mol. The van der Waals surface area contributed by atoms with Crippen molar-refractivity contribution in [1.29, 1.82) is 0 Å². The van der Waals surface area contributed by atoms with Gasteiger partial charge in [0.15, 0.2) is 0 Å². The van der Waals surface area contributed by atoms with Gasteiger partial charge in [0.2, 0.25) is 0 Å². The number of rotatable bonds is 6. The second-order valence-corrected chi connectivity index (χ2v) is 8.54. The van der Waals surface area contributed by atoms with Crippen LogP contribution in [0.15, 0.2) is 100 Å². The highest BCUT2D eigenvalue weighted by Crippen LogP contribution is 2.34. The Hall–Kier alpha value is -3.11. The molecule has 2 aromatic heterocycles. The fraction of sp³-hybridized carbons (Fsp3) is 0.148. The summed E-state index contributed by atoms with van der Waals surface area (Å²) in [6, 6.07) is 27.1. The van der Waals surface area contributed by atoms with Crippen molar-refractivity contribution in [2.24, 2.45) is 0 Å². The van der Waals surface area contributed by atoms with E-state index < -0.39 is 0 Å². The highest BCUT2D eigenvalue weighted by molar-refractivity contribution is 9.10. The first-order valence-corrected chi connectivity index (χ1v) is 11.4. The van der Waals surface area contributed by atoms with Crippen molar-refractivity contribution in [3.05, 3.63) is 113 Å². The maximum absolute atomic E-state index is 6.32. The molecule has 0 aliphatic rings. The van der Waals surface area contributed by atoms with Gasteiger partial charge in [0, 0.05) is 33.0 Å². The first-order chi connectivity index (χ1) is 15.2. The Balaban J connectivity index is 1.56. The fourth-order valence-corrected chi connectivity index (χ4v) is 4.66. The Morgan fingerprint density at radius 3 is 2.45 bits per heavy atom. The van der Waals surface area contributed by atoms with Crippen LogP contribution in [0.3, 0.4) is 0 Å². The summed E-state index contributed by atoms with van der Waals surface area (Å²) in [6.45, 7) is 3.83. The van der Waals surface area contributed by atoms with Crippen molar-refractivity contribution in [1.82, 2.24) is 4.57 Å². The Bertz CT molecular complexity index is 1330. The number of fused-ring (bicyclic) bond motifs is 1. The summed E-state index contributed by atoms with van der Waals surface area (Å²) < 4.78 is 12.2. The van der Waals surface area contributed by atoms with E-state index in [1.807, 2.05) is 12.1 Å². The van der Waals surface area contributed by atoms with Crippen molar-refractivity contribution < 1.29 is 8.98 Å². The number of benzene rings is 3. The number of nitrogens with zero attached hydrogens (tertiary/aromatic N) is 2. The molecule has 0 radical (unpaired) electrons. The number of aromatic nitrogens is 2. The molecule has 3 nitrogen and oxygen atoms in total. The average Bonchev–Trinajstić information content (AvgIpc) is 3.37. The highest BCUT2D eigenvalue weighted by atomic mass is 79.9. The van der Waals surface area contributed by atoms with Gasteiger partial charge in [0.05, 0.1) is 0 Å². The number of para-hydroxylation sites is 1. The van der Waals surface area contributed by atoms with E-state index in [1.54, 1.807) is 0 Å². The maximum atomic E-state index is 6.32. The van der Waals surface area contributed by atoms with Gasteiger partial charge in [-0.25, -0.2) is 9.13 Å². The molecule has 0 fully saturated rings. The molecule has 4 heteroatoms. The van der Waals surface area contributed by atoms with Crippen molar-refractivity contribution >= 4 is 26.9 Å². The van der Waals surface area contributed by atoms with Gasteiger partial charge in [-0.3, -0.25) is 0 Å². The minimum Gasteiger partial charge on any atom is -0.456 e. The Kier molecular flexibility index (Phi) is 5.47. The van der Waals surface area contributed by atoms with E-state index in [0.29, 0.717) is 0 Å². The average molecular weight is 472 g/mol. The van der Waals surface area contributed by atoms with Crippen molar-refractivity contribution in [2.45, 2.75) is 26.4 Å². The molecule has 5 aromatic rings. The van der Waals surface area contributed by atoms with E-state index in [2.05, 4.69) is 111 Å². The summed E-state index contributed by atoms with van der Waals surface area (Å²) in [7, 11) is 0. The normalized spacial score (nSPS) is 11.3. The minimum absolute atomic E-state index is 0.771. The van der Waals surface area contributed by atoms with E-state index in [9.17, 15) is 0 Å². The topological polar surface area (TPSA) is 21.9 Å². The molecule has 2 heterocycles. The van der Waals surface area contributed by atoms with Crippen LogP contribution in [0, 0.1) is 0 Å². The van der Waals surface area contributed by atoms with Gasteiger partial charge in [-0.05, 0) is 12.1 Å². The van der Waals surface area contributed by atoms with E-state index in [4.69, 9.17) is 4.42 Å². The molecule has 0 amide bonds. The molecule has 0 saturated carbocycles. The predicted octanol–water partition coefficient (Wildman–Crippen LogP) is 6.61. The maximum Gasteiger partial charge on any atom is 0.256 e. The van der Waals surface area contributed by atoms with Crippen molar-refractivity contribution in [2.75, 3.05) is 0 Å². The Labute approximate surface area is 190 Å². The van der Waals surface area contributed by atoms with Crippen LogP contribution in [-0.4, -0.2) is 4.57 Å². The lowest BCUT2D eigenvalue weighted by Gasteiger charge is -2.06. The quantitative estimate of drug-likeness (QED) is 0.255. The van der Waals surface area contributed by atoms with Crippen molar-refractivity contribution in [3.63, 3.8) is 0 Å². The minimum atomic E-state index is 0.771. The van der Waals surface area contributed by atoms with Crippen LogP contribution in [0.1, 0.15) is 23.9 Å². The molecule has 0 spiro atoms. The van der Waals surface area contributed by atoms with E-state index in [-0.39, 0.29) is 0 Å². The van der Waals surface area contributed by atoms with E-state index >= 15 is 0 Å². The number of hydrogen-bond donors (Lipinski definition) is 0. The molecule has 0 unspecified atom stereocenters. The number of imidazole rings is 1. The van der Waals surface area contributed by atoms with Crippen LogP contribution in [0.5, 0.6) is 0 Å². The van der Waals surface area contributed by atoms with Gasteiger partial charge in [-0.15, -0.1) is 0 Å². The van der Waals surface area contributed by atoms with Gasteiger partial charge < -0.3 is 4.42 Å². The Morgan fingerprint density at radius 2 is 1.65 bits per heavy atom. The summed E-state index contributed by atoms with van der Waals surface area (Å²) in [5.74, 6) is 2.25. The van der Waals surface area contributed by atoms with E-state index in [1.165, 1.54) is 22.3 Å². The zero-order valence-electron chi connectivity index (χ0n) is 17.5. The molecule has 5 rings (SSSR count). The fourth-order valence-electron chi connectivity index (χ4n) is 4.25. The molecule has 0 N–H and O–H groups in total. The molecule has 31 heavy (non-hydrogen) atoms. The molecular formula is C27H24BrN2O+. The molecule has 0 saturated heterocycles. The first-order valence-electron chi connectivity index (χ1n) is 10.6. The van der Waals surface area contributed by atoms with Gasteiger partial charge in [0.25, 0.3) is 5.82 Å². The summed E-state index contributed by atoms with van der Waals surface area (Å²) in [5, 5.41) is 1.18. The molecule has 0 aliphatic heterocycles. The zero-order chi connectivity index (χ0) is 21.2. The Morgan fingerprint density at radius 1 is 0.903 bits per heavy atom. The lowest BCUT2D eigenvalue weighted by Crippen LogP contribution is -2.37. The van der Waals surface area contributed by atoms with Crippen LogP contribution in [0.25, 0.3) is 22.3 Å². The SMILES string of the molecule is CCc1n(Cc2c(-c3ccccc3)oc3ccccc23)cc[n+]1Cc1ccccc1Br. The highest BCUT2D eigenvalue weighted by Gasteiger charge is 2.22. The van der Waals surface area contributed by atoms with Crippen molar-refractivity contribution in [3.8, 4) is 11.3 Å². The standard InChI is InChI=1S/C27H24BrN2O/c1-2-26-29(18-21-12-6-8-14-24(21)28)16-17-30(26)19-23-22-13-7-9-15-25(22)31-27(23)20-10-4-3-5-11-20/h3-17H,2,18-19H2,1H3/q+1. The van der Waals surface area contributed by atoms with Gasteiger partial charge in [-0.1, -0.05) is 89.6 Å². The third-order valence-electron chi connectivity index (χ3n) is 5.77. The zero-order valence-corrected chi connectivity index (χ0v) is 19.0. The second kappa shape index (κ2) is 8.56. The largest absolute Gasteiger partial charge is 0.456 e. The van der Waals surface area contributed by atoms with Crippen LogP contribution >= 0.6 is 15.9 Å². The first kappa shape index (κ1) is 19.8. The predicted molar refractivity (Wildman–Crippen MR) is 128 cm³/mol. The lowest BCUT2D eigenvalue weighted by atomic mass is 10.1. The van der Waals surface area contributed by atoms with Gasteiger partial charge >= 0.3 is 0 Å². The van der Waals surface area contributed by atoms with Gasteiger partial charge in [0.1, 0.15) is 36.8 Å². The summed E-state index contributed by atoms with van der Waals surface area (Å²) in [5.41, 5.74) is 4.54. The van der Waals surface area contributed by atoms with Crippen LogP contribution in [0.4, 0.5) is 0 Å². The second-order valence-electron chi connectivity index (χ2n) is 7.69. The number of furan rings is 1. The third-order valence-corrected chi connectivity index (χ3v) is 6.54. The van der Waals surface area contributed by atoms with Gasteiger partial charge in [-0.2, -0.15) is 0 Å². The summed E-state index contributed by atoms with van der Waals surface area (Å²) in [4.78, 5) is 0. The molecule has 3 aromatic carbocycles. The summed E-state index contributed by atoms with van der Waals surface area (Å²) >= 11 is 3.69. The molecule has 154 valence electrons. The van der Waals surface area contributed by atoms with Crippen LogP contribution in [-0.2, 0) is 19.5 Å². The number of hydrogen-bond acceptors (Lipinski definition) is 1. The smallest absolute Gasteiger partial charge is 0.256 e. The molecular weight excluding hydrogens is 448 g/mol. The van der Waals surface area contributed by atoms with Crippen LogP contribution < -0.4 is 4.57 Å². The van der Waals surface area contributed by atoms with Crippen LogP contribution in [0.2, 0.25) is 0 Å².